The number of nitrogens with two attached hydrogens (primary N) is 1. The van der Waals surface area contributed by atoms with Crippen molar-refractivity contribution in [3.05, 3.63) is 24.0 Å². The molecule has 0 aromatic heterocycles. The van der Waals surface area contributed by atoms with E-state index in [0.717, 1.165) is 0 Å². The van der Waals surface area contributed by atoms with Gasteiger partial charge in [0, 0.05) is 18.3 Å². The summed E-state index contributed by atoms with van der Waals surface area (Å²) in [6.07, 6.45) is 1.18. The van der Waals surface area contributed by atoms with Crippen molar-refractivity contribution in [3.8, 4) is 0 Å². The van der Waals surface area contributed by atoms with E-state index in [0.29, 0.717) is 25.1 Å². The molecule has 1 aromatic rings. The number of anilines is 2. The highest BCUT2D eigenvalue weighted by atomic mass is 35.5. The molecule has 0 radical (unpaired) electrons. The van der Waals surface area contributed by atoms with Gasteiger partial charge in [-0.05, 0) is 38.5 Å². The van der Waals surface area contributed by atoms with Crippen LogP contribution in [0.1, 0.15) is 20.3 Å². The predicted octanol–water partition coefficient (Wildman–Crippen LogP) is 1.68. The largest absolute Gasteiger partial charge is 0.320 e. The molecular weight excluding hydrogens is 297 g/mol. The lowest BCUT2D eigenvalue weighted by Gasteiger charge is -2.23. The van der Waals surface area contributed by atoms with E-state index in [1.54, 1.807) is 6.07 Å². The maximum absolute atomic E-state index is 14.2. The molecule has 1 aliphatic rings. The Balaban J connectivity index is 0.00000220. The average Bonchev–Trinajstić information content (AvgIpc) is 2.71. The van der Waals surface area contributed by atoms with Crippen LogP contribution in [0.25, 0.3) is 0 Å². The molecule has 116 valence electrons. The van der Waals surface area contributed by atoms with E-state index in [2.05, 4.69) is 0 Å². The maximum Gasteiger partial charge on any atom is 0.244 e. The zero-order chi connectivity index (χ0) is 14.9. The van der Waals surface area contributed by atoms with Gasteiger partial charge < -0.3 is 15.5 Å². The van der Waals surface area contributed by atoms with Gasteiger partial charge in [-0.25, -0.2) is 4.39 Å². The minimum atomic E-state index is -0.559. The summed E-state index contributed by atoms with van der Waals surface area (Å²) >= 11 is 0. The molecule has 1 aliphatic heterocycles. The zero-order valence-electron chi connectivity index (χ0n) is 12.0. The fraction of sp³-hybridized carbons (Fsp3) is 0.429. The third-order valence-corrected chi connectivity index (χ3v) is 3.44. The maximum atomic E-state index is 14.2. The number of carbonyl (C=O) groups is 2. The third-order valence-electron chi connectivity index (χ3n) is 3.44. The average molecular weight is 316 g/mol. The summed E-state index contributed by atoms with van der Waals surface area (Å²) in [7, 11) is 0. The van der Waals surface area contributed by atoms with Crippen LogP contribution in [0.5, 0.6) is 0 Å². The van der Waals surface area contributed by atoms with Crippen molar-refractivity contribution in [1.29, 1.82) is 0 Å². The lowest BCUT2D eigenvalue weighted by Crippen LogP contribution is -2.34. The summed E-state index contributed by atoms with van der Waals surface area (Å²) in [5.41, 5.74) is 6.30. The second-order valence-electron chi connectivity index (χ2n) is 5.13. The van der Waals surface area contributed by atoms with Crippen molar-refractivity contribution in [3.63, 3.8) is 0 Å². The van der Waals surface area contributed by atoms with Crippen LogP contribution in [0, 0.1) is 5.82 Å². The first-order valence-electron chi connectivity index (χ1n) is 6.56. The standard InChI is InChI=1S/C14H18FN3O2.ClH/c1-9(2)18(8-19)10-3-4-13(11(15)7-10)17-6-5-12(16)14(17)20;/h3-4,7-9,12H,5-6,16H2,1-2H3;1H/t12-;/m0./s1. The fourth-order valence-corrected chi connectivity index (χ4v) is 2.30. The quantitative estimate of drug-likeness (QED) is 0.860. The topological polar surface area (TPSA) is 66.6 Å². The van der Waals surface area contributed by atoms with Crippen LogP contribution >= 0.6 is 12.4 Å². The Morgan fingerprint density at radius 3 is 2.57 bits per heavy atom. The highest BCUT2D eigenvalue weighted by Gasteiger charge is 2.31. The molecule has 7 heteroatoms. The van der Waals surface area contributed by atoms with Gasteiger partial charge >= 0.3 is 0 Å². The highest BCUT2D eigenvalue weighted by molar-refractivity contribution is 5.99. The van der Waals surface area contributed by atoms with Crippen molar-refractivity contribution < 1.29 is 14.0 Å². The summed E-state index contributed by atoms with van der Waals surface area (Å²) in [5, 5.41) is 0. The van der Waals surface area contributed by atoms with Crippen LogP contribution in [0.15, 0.2) is 18.2 Å². The van der Waals surface area contributed by atoms with Gasteiger partial charge in [-0.1, -0.05) is 0 Å². The molecule has 0 bridgehead atoms. The second kappa shape index (κ2) is 6.87. The minimum absolute atomic E-state index is 0. The van der Waals surface area contributed by atoms with Crippen LogP contribution in [-0.2, 0) is 9.59 Å². The first kappa shape index (κ1) is 17.4. The lowest BCUT2D eigenvalue weighted by atomic mass is 10.2. The third kappa shape index (κ3) is 3.33. The first-order chi connectivity index (χ1) is 9.45. The molecule has 2 rings (SSSR count). The van der Waals surface area contributed by atoms with Gasteiger partial charge in [-0.15, -0.1) is 12.4 Å². The molecule has 0 unspecified atom stereocenters. The molecule has 0 spiro atoms. The molecule has 1 fully saturated rings. The van der Waals surface area contributed by atoms with Crippen molar-refractivity contribution in [2.45, 2.75) is 32.4 Å². The molecule has 2 amide bonds. The number of amides is 2. The normalized spacial score (nSPS) is 17.9. The van der Waals surface area contributed by atoms with Crippen molar-refractivity contribution in [1.82, 2.24) is 0 Å². The number of benzene rings is 1. The molecule has 1 aromatic carbocycles. The Kier molecular flexibility index (Phi) is 5.69. The Hall–Kier alpha value is -1.66. The number of halogens is 2. The molecule has 2 N–H and O–H groups in total. The molecule has 1 atom stereocenters. The van der Waals surface area contributed by atoms with Crippen molar-refractivity contribution in [2.24, 2.45) is 5.73 Å². The fourth-order valence-electron chi connectivity index (χ4n) is 2.30. The second-order valence-corrected chi connectivity index (χ2v) is 5.13. The van der Waals surface area contributed by atoms with E-state index in [1.807, 2.05) is 13.8 Å². The number of hydrogen-bond donors (Lipinski definition) is 1. The summed E-state index contributed by atoms with van der Waals surface area (Å²) in [5.74, 6) is -0.801. The Labute approximate surface area is 129 Å². The minimum Gasteiger partial charge on any atom is -0.320 e. The van der Waals surface area contributed by atoms with Gasteiger partial charge in [0.1, 0.15) is 5.82 Å². The van der Waals surface area contributed by atoms with Crippen LogP contribution in [0.3, 0.4) is 0 Å². The SMILES string of the molecule is CC(C)N(C=O)c1ccc(N2CC[C@H](N)C2=O)c(F)c1.Cl. The molecule has 1 saturated heterocycles. The summed E-state index contributed by atoms with van der Waals surface area (Å²) in [4.78, 5) is 25.6. The van der Waals surface area contributed by atoms with Crippen LogP contribution in [0.2, 0.25) is 0 Å². The van der Waals surface area contributed by atoms with Crippen LogP contribution < -0.4 is 15.5 Å². The molecular formula is C14H19ClFN3O2. The monoisotopic (exact) mass is 315 g/mol. The van der Waals surface area contributed by atoms with Gasteiger partial charge in [0.15, 0.2) is 0 Å². The van der Waals surface area contributed by atoms with E-state index in [1.165, 1.54) is 21.9 Å². The number of hydrogen-bond acceptors (Lipinski definition) is 3. The van der Waals surface area contributed by atoms with Crippen LogP contribution in [0.4, 0.5) is 15.8 Å². The Morgan fingerprint density at radius 1 is 1.48 bits per heavy atom. The van der Waals surface area contributed by atoms with E-state index in [-0.39, 0.29) is 30.0 Å². The Morgan fingerprint density at radius 2 is 2.14 bits per heavy atom. The van der Waals surface area contributed by atoms with Gasteiger partial charge in [-0.2, -0.15) is 0 Å². The van der Waals surface area contributed by atoms with E-state index in [9.17, 15) is 14.0 Å². The van der Waals surface area contributed by atoms with Gasteiger partial charge in [-0.3, -0.25) is 9.59 Å². The van der Waals surface area contributed by atoms with Gasteiger partial charge in [0.25, 0.3) is 0 Å². The summed E-state index contributed by atoms with van der Waals surface area (Å²) in [6.45, 7) is 4.09. The van der Waals surface area contributed by atoms with Crippen molar-refractivity contribution >= 4 is 36.1 Å². The highest BCUT2D eigenvalue weighted by Crippen LogP contribution is 2.28. The van der Waals surface area contributed by atoms with Crippen LogP contribution in [-0.4, -0.2) is 30.9 Å². The van der Waals surface area contributed by atoms with E-state index < -0.39 is 11.9 Å². The van der Waals surface area contributed by atoms with E-state index in [4.69, 9.17) is 5.73 Å². The summed E-state index contributed by atoms with van der Waals surface area (Å²) < 4.78 is 14.2. The van der Waals surface area contributed by atoms with Gasteiger partial charge in [0.05, 0.1) is 11.7 Å². The van der Waals surface area contributed by atoms with E-state index >= 15 is 0 Å². The number of rotatable bonds is 4. The molecule has 21 heavy (non-hydrogen) atoms. The lowest BCUT2D eigenvalue weighted by molar-refractivity contribution is -0.118. The molecule has 5 nitrogen and oxygen atoms in total. The zero-order valence-corrected chi connectivity index (χ0v) is 12.8. The number of carbonyl (C=O) groups excluding carboxylic acids is 2. The molecule has 1 heterocycles. The molecule has 0 aliphatic carbocycles. The Bertz CT molecular complexity index is 539. The predicted molar refractivity (Wildman–Crippen MR) is 82.3 cm³/mol. The van der Waals surface area contributed by atoms with Gasteiger partial charge in [0.2, 0.25) is 12.3 Å². The van der Waals surface area contributed by atoms with Crippen molar-refractivity contribution in [2.75, 3.05) is 16.3 Å². The smallest absolute Gasteiger partial charge is 0.244 e. The summed E-state index contributed by atoms with van der Waals surface area (Å²) in [6, 6.07) is 3.78. The molecule has 0 saturated carbocycles. The first-order valence-corrected chi connectivity index (χ1v) is 6.56. The number of nitrogens with zero attached hydrogens (tertiary/aromatic N) is 2.